The van der Waals surface area contributed by atoms with E-state index in [2.05, 4.69) is 31.8 Å². The maximum Gasteiger partial charge on any atom is 0.247 e. The average molecular weight is 387 g/mol. The first-order valence-corrected chi connectivity index (χ1v) is 8.72. The fourth-order valence-electron chi connectivity index (χ4n) is 2.78. The molecular weight excluding hydrogens is 370 g/mol. The number of rotatable bonds is 6. The van der Waals surface area contributed by atoms with Crippen molar-refractivity contribution in [1.82, 2.24) is 19.9 Å². The molecule has 1 amide bonds. The fourth-order valence-corrected chi connectivity index (χ4v) is 2.78. The zero-order chi connectivity index (χ0) is 20.2. The van der Waals surface area contributed by atoms with Gasteiger partial charge in [0.05, 0.1) is 13.3 Å². The number of aromatic amines is 1. The summed E-state index contributed by atoms with van der Waals surface area (Å²) in [6, 6.07) is 10.7. The molecule has 0 bridgehead atoms. The maximum absolute atomic E-state index is 11.5. The molecule has 0 aliphatic carbocycles. The van der Waals surface area contributed by atoms with Crippen LogP contribution in [0.25, 0.3) is 22.3 Å². The molecule has 3 aromatic heterocycles. The largest absolute Gasteiger partial charge is 0.481 e. The summed E-state index contributed by atoms with van der Waals surface area (Å²) in [6.45, 7) is 3.44. The van der Waals surface area contributed by atoms with Crippen LogP contribution in [0.4, 0.5) is 5.69 Å². The van der Waals surface area contributed by atoms with Crippen LogP contribution in [0.5, 0.6) is 17.5 Å². The number of hydrogen-bond acceptors (Lipinski definition) is 6. The monoisotopic (exact) mass is 387 g/mol. The van der Waals surface area contributed by atoms with Crippen molar-refractivity contribution in [2.45, 2.75) is 0 Å². The number of nitrogens with one attached hydrogen (secondary N) is 2. The van der Waals surface area contributed by atoms with Gasteiger partial charge in [0.25, 0.3) is 0 Å². The van der Waals surface area contributed by atoms with Crippen LogP contribution in [0.15, 0.2) is 67.6 Å². The minimum Gasteiger partial charge on any atom is -0.481 e. The first-order valence-electron chi connectivity index (χ1n) is 8.72. The Balaban J connectivity index is 1.65. The zero-order valence-corrected chi connectivity index (χ0v) is 15.5. The van der Waals surface area contributed by atoms with Gasteiger partial charge in [-0.1, -0.05) is 12.6 Å². The molecule has 0 spiro atoms. The maximum atomic E-state index is 11.5. The van der Waals surface area contributed by atoms with Crippen LogP contribution in [-0.4, -0.2) is 33.0 Å². The molecule has 3 heterocycles. The number of hydrogen-bond donors (Lipinski definition) is 2. The van der Waals surface area contributed by atoms with Gasteiger partial charge < -0.3 is 19.8 Å². The first-order chi connectivity index (χ1) is 14.2. The van der Waals surface area contributed by atoms with E-state index in [1.165, 1.54) is 12.3 Å². The number of anilines is 1. The van der Waals surface area contributed by atoms with Crippen molar-refractivity contribution in [3.8, 4) is 28.6 Å². The Morgan fingerprint density at radius 1 is 1.21 bits per heavy atom. The second kappa shape index (κ2) is 7.81. The number of ether oxygens (including phenoxy) is 2. The van der Waals surface area contributed by atoms with E-state index in [4.69, 9.17) is 9.47 Å². The fraction of sp³-hybridized carbons (Fsp3) is 0.0476. The molecule has 4 aromatic rings. The van der Waals surface area contributed by atoms with Crippen LogP contribution in [0, 0.1) is 0 Å². The average Bonchev–Trinajstić information content (AvgIpc) is 3.17. The highest BCUT2D eigenvalue weighted by atomic mass is 16.5. The molecule has 0 aliphatic rings. The van der Waals surface area contributed by atoms with E-state index in [1.54, 1.807) is 37.6 Å². The third kappa shape index (κ3) is 3.91. The summed E-state index contributed by atoms with van der Waals surface area (Å²) in [5.74, 6) is 1.05. The SMILES string of the molecule is C=CC(=O)Nc1cccc(Oc2cnc3[nH]cc(-c4ccnc(OC)c4)c3n2)c1. The van der Waals surface area contributed by atoms with E-state index < -0.39 is 0 Å². The van der Waals surface area contributed by atoms with E-state index in [0.717, 1.165) is 11.1 Å². The Hall–Kier alpha value is -4.20. The third-order valence-electron chi connectivity index (χ3n) is 4.12. The minimum absolute atomic E-state index is 0.298. The summed E-state index contributed by atoms with van der Waals surface area (Å²) in [5, 5.41) is 2.69. The number of carbonyl (C=O) groups is 1. The lowest BCUT2D eigenvalue weighted by molar-refractivity contribution is -0.111. The minimum atomic E-state index is -0.298. The van der Waals surface area contributed by atoms with E-state index in [-0.39, 0.29) is 5.91 Å². The van der Waals surface area contributed by atoms with Crippen molar-refractivity contribution in [2.75, 3.05) is 12.4 Å². The van der Waals surface area contributed by atoms with Crippen molar-refractivity contribution in [1.29, 1.82) is 0 Å². The van der Waals surface area contributed by atoms with Gasteiger partial charge in [-0.05, 0) is 29.8 Å². The number of pyridine rings is 1. The van der Waals surface area contributed by atoms with Gasteiger partial charge in [-0.25, -0.2) is 15.0 Å². The number of methoxy groups -OCH3 is 1. The van der Waals surface area contributed by atoms with Crippen LogP contribution in [0.1, 0.15) is 0 Å². The number of fused-ring (bicyclic) bond motifs is 1. The Labute approximate surface area is 166 Å². The quantitative estimate of drug-likeness (QED) is 0.486. The van der Waals surface area contributed by atoms with Gasteiger partial charge in [0.2, 0.25) is 17.7 Å². The summed E-state index contributed by atoms with van der Waals surface area (Å²) in [5.41, 5.74) is 3.63. The van der Waals surface area contributed by atoms with Crippen molar-refractivity contribution in [3.05, 3.63) is 67.6 Å². The Bertz CT molecular complexity index is 1200. The molecule has 4 rings (SSSR count). The third-order valence-corrected chi connectivity index (χ3v) is 4.12. The van der Waals surface area contributed by atoms with Gasteiger partial charge >= 0.3 is 0 Å². The summed E-state index contributed by atoms with van der Waals surface area (Å²) in [4.78, 5) is 27.7. The van der Waals surface area contributed by atoms with Crippen LogP contribution in [0.2, 0.25) is 0 Å². The second-order valence-electron chi connectivity index (χ2n) is 6.02. The van der Waals surface area contributed by atoms with Crippen LogP contribution in [0.3, 0.4) is 0 Å². The number of nitrogens with zero attached hydrogens (tertiary/aromatic N) is 3. The molecule has 0 unspecified atom stereocenters. The van der Waals surface area contributed by atoms with Crippen molar-refractivity contribution >= 4 is 22.8 Å². The van der Waals surface area contributed by atoms with Gasteiger partial charge in [-0.2, -0.15) is 0 Å². The summed E-state index contributed by atoms with van der Waals surface area (Å²) >= 11 is 0. The number of aromatic nitrogens is 4. The lowest BCUT2D eigenvalue weighted by Crippen LogP contribution is -2.07. The number of benzene rings is 1. The van der Waals surface area contributed by atoms with E-state index >= 15 is 0 Å². The van der Waals surface area contributed by atoms with Gasteiger partial charge in [0, 0.05) is 35.8 Å². The molecule has 8 heteroatoms. The Morgan fingerprint density at radius 2 is 2.10 bits per heavy atom. The highest BCUT2D eigenvalue weighted by Crippen LogP contribution is 2.30. The highest BCUT2D eigenvalue weighted by molar-refractivity contribution is 5.99. The van der Waals surface area contributed by atoms with Crippen molar-refractivity contribution < 1.29 is 14.3 Å². The normalized spacial score (nSPS) is 10.5. The predicted molar refractivity (Wildman–Crippen MR) is 109 cm³/mol. The van der Waals surface area contributed by atoms with Crippen molar-refractivity contribution in [2.24, 2.45) is 0 Å². The van der Waals surface area contributed by atoms with Crippen molar-refractivity contribution in [3.63, 3.8) is 0 Å². The second-order valence-corrected chi connectivity index (χ2v) is 6.02. The molecule has 144 valence electrons. The summed E-state index contributed by atoms with van der Waals surface area (Å²) in [6.07, 6.45) is 6.23. The van der Waals surface area contributed by atoms with Gasteiger partial charge in [0.1, 0.15) is 11.3 Å². The van der Waals surface area contributed by atoms with E-state index in [1.807, 2.05) is 18.3 Å². The lowest BCUT2D eigenvalue weighted by atomic mass is 10.1. The molecule has 0 saturated heterocycles. The van der Waals surface area contributed by atoms with Gasteiger partial charge in [-0.15, -0.1) is 0 Å². The van der Waals surface area contributed by atoms with E-state index in [9.17, 15) is 4.79 Å². The predicted octanol–water partition coefficient (Wildman–Crippen LogP) is 3.95. The van der Waals surface area contributed by atoms with Gasteiger partial charge in [-0.3, -0.25) is 4.79 Å². The molecule has 8 nitrogen and oxygen atoms in total. The lowest BCUT2D eigenvalue weighted by Gasteiger charge is -2.08. The van der Waals surface area contributed by atoms with Crippen LogP contribution < -0.4 is 14.8 Å². The summed E-state index contributed by atoms with van der Waals surface area (Å²) < 4.78 is 11.0. The highest BCUT2D eigenvalue weighted by Gasteiger charge is 2.12. The van der Waals surface area contributed by atoms with E-state index in [0.29, 0.717) is 34.4 Å². The molecule has 2 N–H and O–H groups in total. The topological polar surface area (TPSA) is 102 Å². The standard InChI is InChI=1S/C21H17N5O3/c1-3-17(27)25-14-5-4-6-15(10-14)29-19-12-24-21-20(26-19)16(11-23-21)13-7-8-22-18(9-13)28-2/h3-12H,1H2,2H3,(H,23,24)(H,25,27). The molecule has 29 heavy (non-hydrogen) atoms. The Morgan fingerprint density at radius 3 is 2.93 bits per heavy atom. The molecule has 0 fully saturated rings. The molecular formula is C21H17N5O3. The Kier molecular flexibility index (Phi) is 4.90. The molecule has 0 atom stereocenters. The van der Waals surface area contributed by atoms with Gasteiger partial charge in [0.15, 0.2) is 5.65 Å². The molecule has 0 saturated carbocycles. The molecule has 0 aliphatic heterocycles. The molecule has 0 radical (unpaired) electrons. The number of amides is 1. The number of H-pyrrole nitrogens is 1. The molecule has 1 aromatic carbocycles. The summed E-state index contributed by atoms with van der Waals surface area (Å²) in [7, 11) is 1.57. The smallest absolute Gasteiger partial charge is 0.247 e. The number of carbonyl (C=O) groups excluding carboxylic acids is 1. The van der Waals surface area contributed by atoms with Crippen LogP contribution in [-0.2, 0) is 4.79 Å². The zero-order valence-electron chi connectivity index (χ0n) is 15.5. The van der Waals surface area contributed by atoms with Crippen LogP contribution >= 0.6 is 0 Å². The first kappa shape index (κ1) is 18.2.